The van der Waals surface area contributed by atoms with Crippen molar-refractivity contribution in [2.75, 3.05) is 18.5 Å². The lowest BCUT2D eigenvalue weighted by Gasteiger charge is -2.09. The Kier molecular flexibility index (Phi) is 4.55. The fourth-order valence-corrected chi connectivity index (χ4v) is 1.81. The summed E-state index contributed by atoms with van der Waals surface area (Å²) in [5, 5.41) is 14.0. The summed E-state index contributed by atoms with van der Waals surface area (Å²) in [6.45, 7) is 2.77. The predicted molar refractivity (Wildman–Crippen MR) is 78.3 cm³/mol. The molecule has 0 aliphatic heterocycles. The first-order chi connectivity index (χ1) is 9.66. The Morgan fingerprint density at radius 2 is 1.95 bits per heavy atom. The van der Waals surface area contributed by atoms with Crippen molar-refractivity contribution in [2.24, 2.45) is 0 Å². The third-order valence-electron chi connectivity index (χ3n) is 2.78. The Morgan fingerprint density at radius 1 is 1.20 bits per heavy atom. The van der Waals surface area contributed by atoms with Gasteiger partial charge in [-0.1, -0.05) is 24.3 Å². The molecule has 20 heavy (non-hydrogen) atoms. The van der Waals surface area contributed by atoms with Gasteiger partial charge < -0.3 is 10.1 Å². The van der Waals surface area contributed by atoms with E-state index in [2.05, 4.69) is 5.32 Å². The second-order valence-corrected chi connectivity index (χ2v) is 4.37. The molecule has 2 aromatic rings. The summed E-state index contributed by atoms with van der Waals surface area (Å²) >= 11 is 0. The van der Waals surface area contributed by atoms with Crippen LogP contribution in [0.5, 0.6) is 5.75 Å². The van der Waals surface area contributed by atoms with Crippen LogP contribution >= 0.6 is 0 Å². The van der Waals surface area contributed by atoms with Gasteiger partial charge >= 0.3 is 0 Å². The molecular formula is C15H16N2O3. The van der Waals surface area contributed by atoms with E-state index in [1.807, 2.05) is 43.3 Å². The Balaban J connectivity index is 1.90. The second-order valence-electron chi connectivity index (χ2n) is 4.37. The highest BCUT2D eigenvalue weighted by Crippen LogP contribution is 2.24. The second kappa shape index (κ2) is 6.56. The highest BCUT2D eigenvalue weighted by atomic mass is 16.6. The van der Waals surface area contributed by atoms with Crippen molar-refractivity contribution in [2.45, 2.75) is 6.92 Å². The third-order valence-corrected chi connectivity index (χ3v) is 2.78. The summed E-state index contributed by atoms with van der Waals surface area (Å²) in [4.78, 5) is 10.6. The number of hydrogen-bond acceptors (Lipinski definition) is 4. The molecule has 0 aromatic heterocycles. The number of nitro groups is 1. The predicted octanol–water partition coefficient (Wildman–Crippen LogP) is 3.39. The number of hydrogen-bond donors (Lipinski definition) is 1. The van der Waals surface area contributed by atoms with Gasteiger partial charge in [-0.3, -0.25) is 10.1 Å². The van der Waals surface area contributed by atoms with Gasteiger partial charge in [0.15, 0.2) is 0 Å². The normalized spacial score (nSPS) is 10.1. The first kappa shape index (κ1) is 13.9. The van der Waals surface area contributed by atoms with Crippen LogP contribution in [-0.4, -0.2) is 18.1 Å². The van der Waals surface area contributed by atoms with Gasteiger partial charge in [0.05, 0.1) is 4.92 Å². The molecule has 0 bridgehead atoms. The van der Waals surface area contributed by atoms with Crippen molar-refractivity contribution in [3.8, 4) is 5.75 Å². The van der Waals surface area contributed by atoms with E-state index in [4.69, 9.17) is 4.74 Å². The molecule has 5 nitrogen and oxygen atoms in total. The number of para-hydroxylation sites is 1. The molecule has 0 saturated heterocycles. The van der Waals surface area contributed by atoms with Gasteiger partial charge in [-0.15, -0.1) is 0 Å². The summed E-state index contributed by atoms with van der Waals surface area (Å²) in [5.74, 6) is 0.785. The number of rotatable bonds is 6. The molecule has 104 valence electrons. The van der Waals surface area contributed by atoms with Gasteiger partial charge in [-0.25, -0.2) is 0 Å². The molecule has 0 atom stereocenters. The Hall–Kier alpha value is -2.56. The monoisotopic (exact) mass is 272 g/mol. The molecule has 2 aromatic carbocycles. The summed E-state index contributed by atoms with van der Waals surface area (Å²) in [7, 11) is 0. The number of benzene rings is 2. The van der Waals surface area contributed by atoms with Gasteiger partial charge in [-0.2, -0.15) is 0 Å². The highest BCUT2D eigenvalue weighted by Gasteiger charge is 2.12. The van der Waals surface area contributed by atoms with Crippen molar-refractivity contribution in [3.05, 3.63) is 64.2 Å². The van der Waals surface area contributed by atoms with Gasteiger partial charge in [0, 0.05) is 12.6 Å². The molecule has 0 aliphatic carbocycles. The maximum Gasteiger partial charge on any atom is 0.292 e. The van der Waals surface area contributed by atoms with Gasteiger partial charge in [-0.05, 0) is 30.7 Å². The van der Waals surface area contributed by atoms with Crippen LogP contribution in [0.25, 0.3) is 0 Å². The molecule has 0 fully saturated rings. The van der Waals surface area contributed by atoms with Crippen LogP contribution in [0.3, 0.4) is 0 Å². The fraction of sp³-hybridized carbons (Fsp3) is 0.200. The maximum atomic E-state index is 11.0. The molecule has 0 radical (unpaired) electrons. The minimum Gasteiger partial charge on any atom is -0.492 e. The topological polar surface area (TPSA) is 64.4 Å². The molecule has 0 spiro atoms. The van der Waals surface area contributed by atoms with E-state index in [1.54, 1.807) is 12.1 Å². The van der Waals surface area contributed by atoms with Crippen molar-refractivity contribution in [1.82, 2.24) is 0 Å². The van der Waals surface area contributed by atoms with Crippen LogP contribution in [0.15, 0.2) is 48.5 Å². The van der Waals surface area contributed by atoms with Crippen molar-refractivity contribution in [1.29, 1.82) is 0 Å². The molecule has 1 N–H and O–H groups in total. The standard InChI is InChI=1S/C15H16N2O3/c1-12-7-8-14(15(11-12)17(18)19)16-9-10-20-13-5-3-2-4-6-13/h2-8,11,16H,9-10H2,1H3. The molecule has 2 rings (SSSR count). The molecule has 0 heterocycles. The van der Waals surface area contributed by atoms with Crippen LogP contribution in [0.4, 0.5) is 11.4 Å². The molecule has 0 unspecified atom stereocenters. The quantitative estimate of drug-likeness (QED) is 0.497. The lowest BCUT2D eigenvalue weighted by molar-refractivity contribution is -0.384. The fourth-order valence-electron chi connectivity index (χ4n) is 1.81. The first-order valence-corrected chi connectivity index (χ1v) is 6.33. The van der Waals surface area contributed by atoms with Crippen molar-refractivity contribution >= 4 is 11.4 Å². The number of nitro benzene ring substituents is 1. The van der Waals surface area contributed by atoms with Crippen LogP contribution in [0, 0.1) is 17.0 Å². The smallest absolute Gasteiger partial charge is 0.292 e. The molecule has 0 aliphatic rings. The average Bonchev–Trinajstić information content (AvgIpc) is 2.45. The third kappa shape index (κ3) is 3.71. The molecule has 0 saturated carbocycles. The summed E-state index contributed by atoms with van der Waals surface area (Å²) in [6.07, 6.45) is 0. The average molecular weight is 272 g/mol. The lowest BCUT2D eigenvalue weighted by atomic mass is 10.2. The number of aryl methyl sites for hydroxylation is 1. The van der Waals surface area contributed by atoms with E-state index in [0.717, 1.165) is 11.3 Å². The van der Waals surface area contributed by atoms with E-state index >= 15 is 0 Å². The maximum absolute atomic E-state index is 11.0. The first-order valence-electron chi connectivity index (χ1n) is 6.33. The minimum absolute atomic E-state index is 0.0877. The zero-order chi connectivity index (χ0) is 14.4. The largest absolute Gasteiger partial charge is 0.492 e. The Morgan fingerprint density at radius 3 is 2.65 bits per heavy atom. The number of nitrogens with zero attached hydrogens (tertiary/aromatic N) is 1. The number of anilines is 1. The lowest BCUT2D eigenvalue weighted by Crippen LogP contribution is -2.12. The van der Waals surface area contributed by atoms with Crippen LogP contribution in [-0.2, 0) is 0 Å². The van der Waals surface area contributed by atoms with E-state index in [1.165, 1.54) is 0 Å². The number of nitrogens with one attached hydrogen (secondary N) is 1. The summed E-state index contributed by atoms with van der Waals surface area (Å²) in [5.41, 5.74) is 1.46. The zero-order valence-electron chi connectivity index (χ0n) is 11.2. The van der Waals surface area contributed by atoms with Crippen LogP contribution in [0.1, 0.15) is 5.56 Å². The van der Waals surface area contributed by atoms with Crippen LogP contribution < -0.4 is 10.1 Å². The van der Waals surface area contributed by atoms with Crippen LogP contribution in [0.2, 0.25) is 0 Å². The summed E-state index contributed by atoms with van der Waals surface area (Å²) < 4.78 is 5.52. The zero-order valence-corrected chi connectivity index (χ0v) is 11.2. The molecule has 0 amide bonds. The minimum atomic E-state index is -0.382. The SMILES string of the molecule is Cc1ccc(NCCOc2ccccc2)c([N+](=O)[O-])c1. The van der Waals surface area contributed by atoms with Crippen molar-refractivity contribution < 1.29 is 9.66 Å². The molecular weight excluding hydrogens is 256 g/mol. The Labute approximate surface area is 117 Å². The van der Waals surface area contributed by atoms with E-state index in [0.29, 0.717) is 18.8 Å². The number of ether oxygens (including phenoxy) is 1. The van der Waals surface area contributed by atoms with Gasteiger partial charge in [0.1, 0.15) is 18.0 Å². The van der Waals surface area contributed by atoms with E-state index in [9.17, 15) is 10.1 Å². The van der Waals surface area contributed by atoms with Gasteiger partial charge in [0.25, 0.3) is 5.69 Å². The van der Waals surface area contributed by atoms with E-state index < -0.39 is 0 Å². The highest BCUT2D eigenvalue weighted by molar-refractivity contribution is 5.62. The Bertz CT molecular complexity index is 585. The summed E-state index contributed by atoms with van der Waals surface area (Å²) in [6, 6.07) is 14.6. The van der Waals surface area contributed by atoms with Gasteiger partial charge in [0.2, 0.25) is 0 Å². The van der Waals surface area contributed by atoms with Crippen molar-refractivity contribution in [3.63, 3.8) is 0 Å². The van der Waals surface area contributed by atoms with E-state index in [-0.39, 0.29) is 10.6 Å². The molecule has 5 heteroatoms.